The van der Waals surface area contributed by atoms with Gasteiger partial charge in [-0.2, -0.15) is 0 Å². The smallest absolute Gasteiger partial charge is 0.407 e. The SMILES string of the molecule is COC(=O)NC1CCN(CCCCl)C1. The van der Waals surface area contributed by atoms with Crippen LogP contribution in [0.2, 0.25) is 0 Å². The van der Waals surface area contributed by atoms with Crippen LogP contribution in [0.5, 0.6) is 0 Å². The van der Waals surface area contributed by atoms with Crippen molar-refractivity contribution in [3.8, 4) is 0 Å². The highest BCUT2D eigenvalue weighted by molar-refractivity contribution is 6.17. The van der Waals surface area contributed by atoms with Crippen LogP contribution in [-0.4, -0.2) is 49.7 Å². The maximum atomic E-state index is 10.9. The molecule has 4 nitrogen and oxygen atoms in total. The number of carbonyl (C=O) groups excluding carboxylic acids is 1. The van der Waals surface area contributed by atoms with Crippen molar-refractivity contribution in [3.63, 3.8) is 0 Å². The van der Waals surface area contributed by atoms with Crippen LogP contribution >= 0.6 is 11.6 Å². The fourth-order valence-corrected chi connectivity index (χ4v) is 1.78. The van der Waals surface area contributed by atoms with Gasteiger partial charge in [-0.15, -0.1) is 11.6 Å². The molecular weight excluding hydrogens is 204 g/mol. The minimum Gasteiger partial charge on any atom is -0.453 e. The Morgan fingerprint density at radius 2 is 2.50 bits per heavy atom. The van der Waals surface area contributed by atoms with E-state index in [0.29, 0.717) is 5.88 Å². The molecule has 0 bridgehead atoms. The second-order valence-corrected chi connectivity index (χ2v) is 3.84. The van der Waals surface area contributed by atoms with E-state index in [0.717, 1.165) is 32.5 Å². The average Bonchev–Trinajstić information content (AvgIpc) is 2.62. The fraction of sp³-hybridized carbons (Fsp3) is 0.889. The summed E-state index contributed by atoms with van der Waals surface area (Å²) in [4.78, 5) is 13.2. The Hall–Kier alpha value is -0.480. The molecule has 5 heteroatoms. The van der Waals surface area contributed by atoms with E-state index >= 15 is 0 Å². The highest BCUT2D eigenvalue weighted by Crippen LogP contribution is 2.09. The van der Waals surface area contributed by atoms with Crippen LogP contribution in [0.25, 0.3) is 0 Å². The Morgan fingerprint density at radius 3 is 3.14 bits per heavy atom. The van der Waals surface area contributed by atoms with Crippen molar-refractivity contribution >= 4 is 17.7 Å². The molecule has 0 radical (unpaired) electrons. The predicted octanol–water partition coefficient (Wildman–Crippen LogP) is 1.05. The van der Waals surface area contributed by atoms with Crippen LogP contribution < -0.4 is 5.32 Å². The van der Waals surface area contributed by atoms with Gasteiger partial charge in [-0.3, -0.25) is 0 Å². The third-order valence-corrected chi connectivity index (χ3v) is 2.65. The van der Waals surface area contributed by atoms with Gasteiger partial charge in [-0.1, -0.05) is 0 Å². The van der Waals surface area contributed by atoms with E-state index in [9.17, 15) is 4.79 Å². The summed E-state index contributed by atoms with van der Waals surface area (Å²) in [7, 11) is 1.38. The standard InChI is InChI=1S/C9H17ClN2O2/c1-14-9(13)11-8-3-6-12(7-8)5-2-4-10/h8H,2-7H2,1H3,(H,11,13). The molecule has 1 fully saturated rings. The minimum atomic E-state index is -0.339. The topological polar surface area (TPSA) is 41.6 Å². The van der Waals surface area contributed by atoms with Crippen LogP contribution in [0.15, 0.2) is 0 Å². The van der Waals surface area contributed by atoms with E-state index in [-0.39, 0.29) is 12.1 Å². The molecule has 0 aromatic heterocycles. The van der Waals surface area contributed by atoms with E-state index in [1.165, 1.54) is 7.11 Å². The normalized spacial score (nSPS) is 22.3. The van der Waals surface area contributed by atoms with Gasteiger partial charge in [0.25, 0.3) is 0 Å². The van der Waals surface area contributed by atoms with Crippen molar-refractivity contribution in [1.29, 1.82) is 0 Å². The summed E-state index contributed by atoms with van der Waals surface area (Å²) < 4.78 is 4.54. The van der Waals surface area contributed by atoms with Gasteiger partial charge >= 0.3 is 6.09 Å². The van der Waals surface area contributed by atoms with Crippen LogP contribution in [-0.2, 0) is 4.74 Å². The van der Waals surface area contributed by atoms with Crippen LogP contribution in [0.1, 0.15) is 12.8 Å². The quantitative estimate of drug-likeness (QED) is 0.720. The van der Waals surface area contributed by atoms with Crippen molar-refractivity contribution in [2.45, 2.75) is 18.9 Å². The van der Waals surface area contributed by atoms with Gasteiger partial charge in [-0.05, 0) is 19.4 Å². The molecular formula is C9H17ClN2O2. The molecule has 1 atom stereocenters. The highest BCUT2D eigenvalue weighted by Gasteiger charge is 2.23. The lowest BCUT2D eigenvalue weighted by Gasteiger charge is -2.15. The second-order valence-electron chi connectivity index (χ2n) is 3.46. The Labute approximate surface area is 89.5 Å². The summed E-state index contributed by atoms with van der Waals surface area (Å²) in [5.74, 6) is 0.700. The van der Waals surface area contributed by atoms with Gasteiger partial charge in [0.05, 0.1) is 7.11 Å². The van der Waals surface area contributed by atoms with Gasteiger partial charge in [0.2, 0.25) is 0 Å². The van der Waals surface area contributed by atoms with Gasteiger partial charge in [-0.25, -0.2) is 4.79 Å². The fourth-order valence-electron chi connectivity index (χ4n) is 1.66. The van der Waals surface area contributed by atoms with Crippen molar-refractivity contribution in [2.24, 2.45) is 0 Å². The van der Waals surface area contributed by atoms with E-state index in [1.807, 2.05) is 0 Å². The lowest BCUT2D eigenvalue weighted by atomic mass is 10.3. The number of halogens is 1. The number of methoxy groups -OCH3 is 1. The maximum Gasteiger partial charge on any atom is 0.407 e. The second kappa shape index (κ2) is 6.09. The molecule has 1 aliphatic heterocycles. The number of hydrogen-bond donors (Lipinski definition) is 1. The molecule has 82 valence electrons. The minimum absolute atomic E-state index is 0.234. The van der Waals surface area contributed by atoms with E-state index in [2.05, 4.69) is 15.0 Å². The first kappa shape index (κ1) is 11.6. The first-order valence-corrected chi connectivity index (χ1v) is 5.42. The molecule has 1 rings (SSSR count). The number of alkyl halides is 1. The summed E-state index contributed by atoms with van der Waals surface area (Å²) in [6.07, 6.45) is 1.67. The summed E-state index contributed by atoms with van der Waals surface area (Å²) in [5, 5.41) is 2.80. The number of amides is 1. The van der Waals surface area contributed by atoms with Crippen molar-refractivity contribution in [2.75, 3.05) is 32.6 Å². The van der Waals surface area contributed by atoms with Gasteiger partial charge in [0.15, 0.2) is 0 Å². The average molecular weight is 221 g/mol. The number of ether oxygens (including phenoxy) is 1. The van der Waals surface area contributed by atoms with E-state index < -0.39 is 0 Å². The third kappa shape index (κ3) is 3.72. The largest absolute Gasteiger partial charge is 0.453 e. The molecule has 0 aliphatic carbocycles. The molecule has 1 amide bonds. The molecule has 1 unspecified atom stereocenters. The van der Waals surface area contributed by atoms with Crippen molar-refractivity contribution in [3.05, 3.63) is 0 Å². The third-order valence-electron chi connectivity index (χ3n) is 2.39. The van der Waals surface area contributed by atoms with Gasteiger partial charge < -0.3 is 15.0 Å². The monoisotopic (exact) mass is 220 g/mol. The molecule has 1 saturated heterocycles. The Bertz CT molecular complexity index is 190. The number of alkyl carbamates (subject to hydrolysis) is 1. The van der Waals surface area contributed by atoms with Crippen molar-refractivity contribution < 1.29 is 9.53 Å². The zero-order valence-corrected chi connectivity index (χ0v) is 9.22. The summed E-state index contributed by atoms with van der Waals surface area (Å²) in [6.45, 7) is 2.96. The number of nitrogens with zero attached hydrogens (tertiary/aromatic N) is 1. The highest BCUT2D eigenvalue weighted by atomic mass is 35.5. The van der Waals surface area contributed by atoms with Crippen LogP contribution in [0, 0.1) is 0 Å². The molecule has 1 N–H and O–H groups in total. The molecule has 0 aromatic rings. The van der Waals surface area contributed by atoms with Crippen LogP contribution in [0.4, 0.5) is 4.79 Å². The number of hydrogen-bond acceptors (Lipinski definition) is 3. The van der Waals surface area contributed by atoms with Crippen molar-refractivity contribution in [1.82, 2.24) is 10.2 Å². The zero-order chi connectivity index (χ0) is 10.4. The summed E-state index contributed by atoms with van der Waals surface area (Å²) >= 11 is 5.61. The number of likely N-dealkylation sites (tertiary alicyclic amines) is 1. The molecule has 1 aliphatic rings. The van der Waals surface area contributed by atoms with Gasteiger partial charge in [0.1, 0.15) is 0 Å². The molecule has 14 heavy (non-hydrogen) atoms. The van der Waals surface area contributed by atoms with E-state index in [1.54, 1.807) is 0 Å². The predicted molar refractivity (Wildman–Crippen MR) is 55.7 cm³/mol. The van der Waals surface area contributed by atoms with Crippen LogP contribution in [0.3, 0.4) is 0 Å². The Morgan fingerprint density at radius 1 is 1.71 bits per heavy atom. The number of rotatable bonds is 4. The maximum absolute atomic E-state index is 10.9. The Balaban J connectivity index is 2.17. The lowest BCUT2D eigenvalue weighted by molar-refractivity contribution is 0.166. The molecule has 1 heterocycles. The number of nitrogens with one attached hydrogen (secondary N) is 1. The summed E-state index contributed by atoms with van der Waals surface area (Å²) in [5.41, 5.74) is 0. The zero-order valence-electron chi connectivity index (χ0n) is 8.46. The Kier molecular flexibility index (Phi) is 5.04. The summed E-state index contributed by atoms with van der Waals surface area (Å²) in [6, 6.07) is 0.234. The lowest BCUT2D eigenvalue weighted by Crippen LogP contribution is -2.37. The molecule has 0 aromatic carbocycles. The molecule has 0 saturated carbocycles. The first-order chi connectivity index (χ1) is 6.76. The first-order valence-electron chi connectivity index (χ1n) is 4.89. The van der Waals surface area contributed by atoms with E-state index in [4.69, 9.17) is 11.6 Å². The number of carbonyl (C=O) groups is 1. The van der Waals surface area contributed by atoms with Gasteiger partial charge in [0, 0.05) is 25.0 Å². The molecule has 0 spiro atoms.